The summed E-state index contributed by atoms with van der Waals surface area (Å²) in [4.78, 5) is 15.3. The Labute approximate surface area is 158 Å². The van der Waals surface area contributed by atoms with E-state index in [0.717, 1.165) is 16.0 Å². The standard InChI is InChI=1S/C19H22N2O3S2/c1-15-5-7-18(14-16(15)2)26(23,24)21-11-9-20(10-12-21)19(22)8-6-17-4-3-13-25-17/h3-8,13-14H,9-12H2,1-2H3. The van der Waals surface area contributed by atoms with Crippen molar-refractivity contribution in [2.75, 3.05) is 26.2 Å². The van der Waals surface area contributed by atoms with Gasteiger partial charge in [0.05, 0.1) is 4.90 Å². The number of rotatable bonds is 4. The number of carbonyl (C=O) groups is 1. The lowest BCUT2D eigenvalue weighted by atomic mass is 10.1. The van der Waals surface area contributed by atoms with Gasteiger partial charge in [-0.25, -0.2) is 8.42 Å². The van der Waals surface area contributed by atoms with Gasteiger partial charge >= 0.3 is 0 Å². The highest BCUT2D eigenvalue weighted by Crippen LogP contribution is 2.20. The molecular formula is C19H22N2O3S2. The number of piperazine rings is 1. The highest BCUT2D eigenvalue weighted by Gasteiger charge is 2.29. The molecule has 7 heteroatoms. The quantitative estimate of drug-likeness (QED) is 0.755. The van der Waals surface area contributed by atoms with E-state index in [2.05, 4.69) is 0 Å². The van der Waals surface area contributed by atoms with Crippen molar-refractivity contribution < 1.29 is 13.2 Å². The summed E-state index contributed by atoms with van der Waals surface area (Å²) in [6.07, 6.45) is 3.35. The molecule has 138 valence electrons. The van der Waals surface area contributed by atoms with E-state index >= 15 is 0 Å². The second kappa shape index (κ2) is 7.73. The van der Waals surface area contributed by atoms with Gasteiger partial charge in [-0.15, -0.1) is 11.3 Å². The molecule has 0 atom stereocenters. The molecule has 0 N–H and O–H groups in total. The molecule has 2 heterocycles. The van der Waals surface area contributed by atoms with Crippen molar-refractivity contribution in [2.45, 2.75) is 18.7 Å². The first-order valence-corrected chi connectivity index (χ1v) is 10.8. The molecule has 0 unspecified atom stereocenters. The fourth-order valence-electron chi connectivity index (χ4n) is 2.82. The SMILES string of the molecule is Cc1ccc(S(=O)(=O)N2CCN(C(=O)C=Cc3cccs3)CC2)cc1C. The van der Waals surface area contributed by atoms with Gasteiger partial charge in [-0.05, 0) is 54.6 Å². The van der Waals surface area contributed by atoms with Gasteiger partial charge < -0.3 is 4.90 Å². The van der Waals surface area contributed by atoms with Crippen molar-refractivity contribution in [3.8, 4) is 0 Å². The van der Waals surface area contributed by atoms with Gasteiger partial charge in [0.25, 0.3) is 0 Å². The number of nitrogens with zero attached hydrogens (tertiary/aromatic N) is 2. The Bertz CT molecular complexity index is 910. The van der Waals surface area contributed by atoms with Crippen LogP contribution in [-0.4, -0.2) is 49.7 Å². The molecule has 0 spiro atoms. The van der Waals surface area contributed by atoms with Crippen molar-refractivity contribution in [3.05, 3.63) is 57.8 Å². The smallest absolute Gasteiger partial charge is 0.246 e. The zero-order chi connectivity index (χ0) is 18.7. The van der Waals surface area contributed by atoms with E-state index in [1.807, 2.05) is 37.4 Å². The van der Waals surface area contributed by atoms with Crippen molar-refractivity contribution in [3.63, 3.8) is 0 Å². The minimum absolute atomic E-state index is 0.0818. The van der Waals surface area contributed by atoms with Gasteiger partial charge in [0.2, 0.25) is 15.9 Å². The molecule has 3 rings (SSSR count). The molecule has 1 fully saturated rings. The Morgan fingerprint density at radius 2 is 1.81 bits per heavy atom. The molecule has 2 aromatic rings. The second-order valence-electron chi connectivity index (χ2n) is 6.32. The summed E-state index contributed by atoms with van der Waals surface area (Å²) in [5, 5.41) is 1.96. The van der Waals surface area contributed by atoms with E-state index in [9.17, 15) is 13.2 Å². The molecule has 26 heavy (non-hydrogen) atoms. The molecule has 1 saturated heterocycles. The number of thiophene rings is 1. The van der Waals surface area contributed by atoms with Crippen LogP contribution in [0.4, 0.5) is 0 Å². The van der Waals surface area contributed by atoms with Gasteiger partial charge in [-0.2, -0.15) is 4.31 Å². The van der Waals surface area contributed by atoms with E-state index in [4.69, 9.17) is 0 Å². The van der Waals surface area contributed by atoms with Crippen molar-refractivity contribution >= 4 is 33.3 Å². The highest BCUT2D eigenvalue weighted by molar-refractivity contribution is 7.89. The van der Waals surface area contributed by atoms with Crippen LogP contribution in [0, 0.1) is 13.8 Å². The molecule has 1 aliphatic rings. The maximum Gasteiger partial charge on any atom is 0.246 e. The van der Waals surface area contributed by atoms with E-state index in [1.54, 1.807) is 40.5 Å². The molecule has 0 aliphatic carbocycles. The van der Waals surface area contributed by atoms with Crippen LogP contribution in [0.2, 0.25) is 0 Å². The molecule has 1 aliphatic heterocycles. The summed E-state index contributed by atoms with van der Waals surface area (Å²) in [5.74, 6) is -0.0818. The third kappa shape index (κ3) is 4.06. The summed E-state index contributed by atoms with van der Waals surface area (Å²) >= 11 is 1.57. The van der Waals surface area contributed by atoms with Crippen molar-refractivity contribution in [1.29, 1.82) is 0 Å². The van der Waals surface area contributed by atoms with Gasteiger partial charge in [-0.3, -0.25) is 4.79 Å². The molecular weight excluding hydrogens is 368 g/mol. The van der Waals surface area contributed by atoms with E-state index in [1.165, 1.54) is 4.31 Å². The maximum atomic E-state index is 12.8. The molecule has 1 aromatic heterocycles. The number of aryl methyl sites for hydroxylation is 2. The van der Waals surface area contributed by atoms with Gasteiger partial charge in [0.15, 0.2) is 0 Å². The topological polar surface area (TPSA) is 57.7 Å². The Morgan fingerprint density at radius 1 is 1.08 bits per heavy atom. The van der Waals surface area contributed by atoms with Crippen LogP contribution in [0.25, 0.3) is 6.08 Å². The summed E-state index contributed by atoms with van der Waals surface area (Å²) in [6, 6.07) is 9.08. The first kappa shape index (κ1) is 18.8. The average Bonchev–Trinajstić information content (AvgIpc) is 3.15. The van der Waals surface area contributed by atoms with Crippen molar-refractivity contribution in [2.24, 2.45) is 0 Å². The van der Waals surface area contributed by atoms with E-state index in [-0.39, 0.29) is 5.91 Å². The molecule has 0 bridgehead atoms. The fourth-order valence-corrected chi connectivity index (χ4v) is 4.94. The zero-order valence-electron chi connectivity index (χ0n) is 14.9. The molecule has 0 saturated carbocycles. The summed E-state index contributed by atoms with van der Waals surface area (Å²) in [7, 11) is -3.52. The Morgan fingerprint density at radius 3 is 2.42 bits per heavy atom. The monoisotopic (exact) mass is 390 g/mol. The summed E-state index contributed by atoms with van der Waals surface area (Å²) in [5.41, 5.74) is 2.02. The Balaban J connectivity index is 1.64. The number of benzene rings is 1. The normalized spacial score (nSPS) is 16.3. The van der Waals surface area contributed by atoms with Crippen LogP contribution in [0.3, 0.4) is 0 Å². The largest absolute Gasteiger partial charge is 0.337 e. The maximum absolute atomic E-state index is 12.8. The highest BCUT2D eigenvalue weighted by atomic mass is 32.2. The van der Waals surface area contributed by atoms with Gasteiger partial charge in [0, 0.05) is 37.1 Å². The Hall–Kier alpha value is -1.96. The summed E-state index contributed by atoms with van der Waals surface area (Å²) < 4.78 is 27.1. The minimum atomic E-state index is -3.52. The number of sulfonamides is 1. The van der Waals surface area contributed by atoms with Crippen LogP contribution in [0.1, 0.15) is 16.0 Å². The minimum Gasteiger partial charge on any atom is -0.337 e. The number of amides is 1. The second-order valence-corrected chi connectivity index (χ2v) is 9.24. The molecule has 0 radical (unpaired) electrons. The van der Waals surface area contributed by atoms with Crippen LogP contribution >= 0.6 is 11.3 Å². The fraction of sp³-hybridized carbons (Fsp3) is 0.316. The lowest BCUT2D eigenvalue weighted by Crippen LogP contribution is -2.50. The van der Waals surface area contributed by atoms with E-state index < -0.39 is 10.0 Å². The van der Waals surface area contributed by atoms with E-state index in [0.29, 0.717) is 31.1 Å². The summed E-state index contributed by atoms with van der Waals surface area (Å²) in [6.45, 7) is 5.29. The molecule has 1 aromatic carbocycles. The predicted molar refractivity (Wildman–Crippen MR) is 105 cm³/mol. The van der Waals surface area contributed by atoms with Gasteiger partial charge in [0.1, 0.15) is 0 Å². The Kier molecular flexibility index (Phi) is 5.60. The predicted octanol–water partition coefficient (Wildman–Crippen LogP) is 2.91. The first-order valence-electron chi connectivity index (χ1n) is 8.46. The molecule has 1 amide bonds. The van der Waals surface area contributed by atoms with Crippen LogP contribution in [0.15, 0.2) is 46.7 Å². The number of hydrogen-bond acceptors (Lipinski definition) is 4. The number of carbonyl (C=O) groups excluding carboxylic acids is 1. The zero-order valence-corrected chi connectivity index (χ0v) is 16.5. The first-order chi connectivity index (χ1) is 12.4. The van der Waals surface area contributed by atoms with Crippen LogP contribution < -0.4 is 0 Å². The van der Waals surface area contributed by atoms with Crippen molar-refractivity contribution in [1.82, 2.24) is 9.21 Å². The lowest BCUT2D eigenvalue weighted by Gasteiger charge is -2.33. The van der Waals surface area contributed by atoms with Gasteiger partial charge in [-0.1, -0.05) is 12.1 Å². The third-order valence-electron chi connectivity index (χ3n) is 4.60. The van der Waals surface area contributed by atoms with Crippen LogP contribution in [-0.2, 0) is 14.8 Å². The average molecular weight is 391 g/mol. The lowest BCUT2D eigenvalue weighted by molar-refractivity contribution is -0.127. The number of hydrogen-bond donors (Lipinski definition) is 0. The third-order valence-corrected chi connectivity index (χ3v) is 7.33. The van der Waals surface area contributed by atoms with Crippen LogP contribution in [0.5, 0.6) is 0 Å². The molecule has 5 nitrogen and oxygen atoms in total.